The fourth-order valence-electron chi connectivity index (χ4n) is 3.81. The van der Waals surface area contributed by atoms with E-state index in [1.807, 2.05) is 58.0 Å². The van der Waals surface area contributed by atoms with Crippen LogP contribution in [0, 0.1) is 27.7 Å². The zero-order chi connectivity index (χ0) is 23.9. The van der Waals surface area contributed by atoms with E-state index in [-0.39, 0.29) is 11.3 Å². The number of aryl methyl sites for hydroxylation is 3. The Hall–Kier alpha value is -2.90. The molecule has 0 radical (unpaired) electrons. The first-order valence-electron chi connectivity index (χ1n) is 10.6. The van der Waals surface area contributed by atoms with Gasteiger partial charge in [-0.3, -0.25) is 14.2 Å². The van der Waals surface area contributed by atoms with Gasteiger partial charge < -0.3 is 4.74 Å². The Balaban J connectivity index is 1.89. The van der Waals surface area contributed by atoms with Crippen molar-refractivity contribution >= 4 is 39.1 Å². The molecule has 0 fully saturated rings. The number of rotatable bonds is 6. The summed E-state index contributed by atoms with van der Waals surface area (Å²) in [5.74, 6) is 1.22. The monoisotopic (exact) mass is 478 g/mol. The van der Waals surface area contributed by atoms with E-state index in [0.29, 0.717) is 27.6 Å². The molecule has 4 aromatic rings. The van der Waals surface area contributed by atoms with Crippen LogP contribution in [-0.4, -0.2) is 22.4 Å². The first-order valence-corrected chi connectivity index (χ1v) is 12.4. The third kappa shape index (κ3) is 4.23. The molecule has 0 bridgehead atoms. The van der Waals surface area contributed by atoms with Crippen LogP contribution in [0.15, 0.2) is 46.3 Å². The molecule has 0 saturated carbocycles. The number of hydrogen-bond acceptors (Lipinski definition) is 6. The van der Waals surface area contributed by atoms with Gasteiger partial charge in [-0.25, -0.2) is 4.98 Å². The van der Waals surface area contributed by atoms with Gasteiger partial charge in [-0.1, -0.05) is 23.9 Å². The lowest BCUT2D eigenvalue weighted by Gasteiger charge is -2.16. The van der Waals surface area contributed by atoms with E-state index in [1.165, 1.54) is 11.8 Å². The lowest BCUT2D eigenvalue weighted by Crippen LogP contribution is -2.22. The number of thioether (sulfide) groups is 1. The summed E-state index contributed by atoms with van der Waals surface area (Å²) in [5, 5.41) is 1.30. The van der Waals surface area contributed by atoms with E-state index in [0.717, 1.165) is 37.6 Å². The molecule has 2 aromatic heterocycles. The first kappa shape index (κ1) is 23.3. The molecule has 0 unspecified atom stereocenters. The Morgan fingerprint density at radius 3 is 2.58 bits per heavy atom. The molecule has 0 aliphatic rings. The van der Waals surface area contributed by atoms with E-state index < -0.39 is 0 Å². The van der Waals surface area contributed by atoms with Crippen molar-refractivity contribution in [2.24, 2.45) is 0 Å². The van der Waals surface area contributed by atoms with E-state index in [4.69, 9.17) is 9.72 Å². The highest BCUT2D eigenvalue weighted by Crippen LogP contribution is 2.33. The molecule has 2 heterocycles. The lowest BCUT2D eigenvalue weighted by atomic mass is 10.1. The van der Waals surface area contributed by atoms with Crippen LogP contribution in [0.4, 0.5) is 0 Å². The van der Waals surface area contributed by atoms with Crippen LogP contribution in [0.3, 0.4) is 0 Å². The van der Waals surface area contributed by atoms with Crippen LogP contribution in [0.1, 0.15) is 44.4 Å². The molecule has 0 amide bonds. The molecule has 0 spiro atoms. The van der Waals surface area contributed by atoms with Crippen molar-refractivity contribution in [1.29, 1.82) is 0 Å². The molecule has 0 aliphatic heterocycles. The van der Waals surface area contributed by atoms with Gasteiger partial charge in [0.05, 0.1) is 18.2 Å². The fraction of sp³-hybridized carbons (Fsp3) is 0.269. The van der Waals surface area contributed by atoms with Gasteiger partial charge >= 0.3 is 0 Å². The number of nitrogens with zero attached hydrogens (tertiary/aromatic N) is 2. The van der Waals surface area contributed by atoms with E-state index in [9.17, 15) is 9.59 Å². The van der Waals surface area contributed by atoms with Gasteiger partial charge in [0, 0.05) is 21.8 Å². The van der Waals surface area contributed by atoms with Crippen molar-refractivity contribution in [3.8, 4) is 11.4 Å². The molecule has 0 saturated heterocycles. The molecule has 7 heteroatoms. The number of Topliss-reactive ketones (excluding diaryl/α,β-unsaturated/α-hetero) is 1. The van der Waals surface area contributed by atoms with Crippen molar-refractivity contribution in [2.45, 2.75) is 45.5 Å². The lowest BCUT2D eigenvalue weighted by molar-refractivity contribution is 0.101. The molecule has 0 N–H and O–H groups in total. The first-order chi connectivity index (χ1) is 15.7. The Morgan fingerprint density at radius 1 is 1.12 bits per heavy atom. The number of carbonyl (C=O) groups is 1. The van der Waals surface area contributed by atoms with Crippen LogP contribution >= 0.6 is 23.1 Å². The number of ether oxygens (including phenoxy) is 1. The van der Waals surface area contributed by atoms with Crippen molar-refractivity contribution in [2.75, 3.05) is 7.11 Å². The molecule has 0 atom stereocenters. The molecule has 0 aliphatic carbocycles. The number of thiophene rings is 1. The SMILES string of the molecule is COc1ccc(C(C)=O)cc1CSc1nc2sc(C)c(C)c2c(=O)n1-c1cccc(C)c1C. The molecule has 4 rings (SSSR count). The van der Waals surface area contributed by atoms with Crippen LogP contribution in [0.5, 0.6) is 5.75 Å². The smallest absolute Gasteiger partial charge is 0.267 e. The maximum Gasteiger partial charge on any atom is 0.267 e. The Bertz CT molecular complexity index is 1450. The van der Waals surface area contributed by atoms with Crippen molar-refractivity contribution in [3.63, 3.8) is 0 Å². The second kappa shape index (κ2) is 9.15. The average molecular weight is 479 g/mol. The summed E-state index contributed by atoms with van der Waals surface area (Å²) in [6.45, 7) is 9.62. The molecule has 33 heavy (non-hydrogen) atoms. The number of benzene rings is 2. The minimum atomic E-state index is -0.0532. The van der Waals surface area contributed by atoms with Gasteiger partial charge in [-0.15, -0.1) is 11.3 Å². The van der Waals surface area contributed by atoms with Gasteiger partial charge in [0.1, 0.15) is 10.6 Å². The highest BCUT2D eigenvalue weighted by atomic mass is 32.2. The average Bonchev–Trinajstić information content (AvgIpc) is 3.08. The molecule has 2 aromatic carbocycles. The van der Waals surface area contributed by atoms with Crippen molar-refractivity contribution in [3.05, 3.63) is 79.4 Å². The standard InChI is InChI=1S/C26H26N2O3S2/c1-14-8-7-9-21(15(14)2)28-25(30)23-16(3)18(5)33-24(23)27-26(28)32-13-20-12-19(17(4)29)10-11-22(20)31-6/h7-12H,13H2,1-6H3. The molecule has 170 valence electrons. The zero-order valence-corrected chi connectivity index (χ0v) is 21.2. The minimum absolute atomic E-state index is 0.000257. The summed E-state index contributed by atoms with van der Waals surface area (Å²) in [5.41, 5.74) is 5.45. The van der Waals surface area contributed by atoms with Gasteiger partial charge in [-0.05, 0) is 75.6 Å². The third-order valence-corrected chi connectivity index (χ3v) is 8.12. The Kier molecular flexibility index (Phi) is 6.45. The van der Waals surface area contributed by atoms with Gasteiger partial charge in [0.15, 0.2) is 10.9 Å². The normalized spacial score (nSPS) is 11.2. The molecular formula is C26H26N2O3S2. The van der Waals surface area contributed by atoms with Crippen molar-refractivity contribution < 1.29 is 9.53 Å². The predicted molar refractivity (Wildman–Crippen MR) is 137 cm³/mol. The summed E-state index contributed by atoms with van der Waals surface area (Å²) >= 11 is 3.02. The van der Waals surface area contributed by atoms with Gasteiger partial charge in [-0.2, -0.15) is 0 Å². The second-order valence-electron chi connectivity index (χ2n) is 8.09. The number of ketones is 1. The van der Waals surface area contributed by atoms with E-state index in [2.05, 4.69) is 0 Å². The minimum Gasteiger partial charge on any atom is -0.496 e. The maximum atomic E-state index is 13.8. The third-order valence-electron chi connectivity index (χ3n) is 6.03. The van der Waals surface area contributed by atoms with E-state index >= 15 is 0 Å². The second-order valence-corrected chi connectivity index (χ2v) is 10.2. The Morgan fingerprint density at radius 2 is 1.88 bits per heavy atom. The predicted octanol–water partition coefficient (Wildman–Crippen LogP) is 6.18. The highest BCUT2D eigenvalue weighted by Gasteiger charge is 2.20. The van der Waals surface area contributed by atoms with E-state index in [1.54, 1.807) is 36.0 Å². The fourth-order valence-corrected chi connectivity index (χ4v) is 5.87. The van der Waals surface area contributed by atoms with Gasteiger partial charge in [0.25, 0.3) is 5.56 Å². The quantitative estimate of drug-likeness (QED) is 0.188. The summed E-state index contributed by atoms with van der Waals surface area (Å²) in [6, 6.07) is 11.4. The number of carbonyl (C=O) groups excluding carboxylic acids is 1. The highest BCUT2D eigenvalue weighted by molar-refractivity contribution is 7.98. The topological polar surface area (TPSA) is 61.2 Å². The number of fused-ring (bicyclic) bond motifs is 1. The number of hydrogen-bond donors (Lipinski definition) is 0. The van der Waals surface area contributed by atoms with Crippen LogP contribution in [0.25, 0.3) is 15.9 Å². The van der Waals surface area contributed by atoms with Crippen LogP contribution in [-0.2, 0) is 5.75 Å². The summed E-state index contributed by atoms with van der Waals surface area (Å²) in [4.78, 5) is 32.5. The number of methoxy groups -OCH3 is 1. The van der Waals surface area contributed by atoms with Crippen LogP contribution in [0.2, 0.25) is 0 Å². The maximum absolute atomic E-state index is 13.8. The summed E-state index contributed by atoms with van der Waals surface area (Å²) in [6.07, 6.45) is 0. The largest absolute Gasteiger partial charge is 0.496 e. The number of aromatic nitrogens is 2. The zero-order valence-electron chi connectivity index (χ0n) is 19.6. The van der Waals surface area contributed by atoms with Crippen LogP contribution < -0.4 is 10.3 Å². The summed E-state index contributed by atoms with van der Waals surface area (Å²) < 4.78 is 7.25. The Labute approximate surface area is 201 Å². The summed E-state index contributed by atoms with van der Waals surface area (Å²) in [7, 11) is 1.62. The molecular weight excluding hydrogens is 452 g/mol. The van der Waals surface area contributed by atoms with Crippen molar-refractivity contribution in [1.82, 2.24) is 9.55 Å². The van der Waals surface area contributed by atoms with Gasteiger partial charge in [0.2, 0.25) is 0 Å². The molecule has 5 nitrogen and oxygen atoms in total.